The average molecular weight is 423 g/mol. The molecule has 2 aromatic rings. The van der Waals surface area contributed by atoms with Gasteiger partial charge >= 0.3 is 6.03 Å². The van der Waals surface area contributed by atoms with Crippen molar-refractivity contribution in [1.82, 2.24) is 10.2 Å². The summed E-state index contributed by atoms with van der Waals surface area (Å²) in [5, 5.41) is 8.64. The van der Waals surface area contributed by atoms with Gasteiger partial charge in [-0.1, -0.05) is 44.5 Å². The van der Waals surface area contributed by atoms with E-state index in [1.165, 1.54) is 18.4 Å². The monoisotopic (exact) mass is 422 g/mol. The van der Waals surface area contributed by atoms with E-state index in [1.54, 1.807) is 24.3 Å². The molecular formula is C25H34N4O2. The molecule has 2 aromatic carbocycles. The second-order valence-electron chi connectivity index (χ2n) is 8.19. The van der Waals surface area contributed by atoms with Crippen LogP contribution in [0.2, 0.25) is 0 Å². The molecular weight excluding hydrogens is 388 g/mol. The maximum atomic E-state index is 12.3. The minimum Gasteiger partial charge on any atom is -0.334 e. The van der Waals surface area contributed by atoms with E-state index >= 15 is 0 Å². The molecule has 0 radical (unpaired) electrons. The second kappa shape index (κ2) is 11.5. The summed E-state index contributed by atoms with van der Waals surface area (Å²) < 4.78 is 0. The van der Waals surface area contributed by atoms with Crippen molar-refractivity contribution in [3.8, 4) is 0 Å². The molecule has 3 rings (SSSR count). The maximum absolute atomic E-state index is 12.3. The van der Waals surface area contributed by atoms with Crippen LogP contribution in [0.3, 0.4) is 0 Å². The summed E-state index contributed by atoms with van der Waals surface area (Å²) in [5.74, 6) is 0.247. The van der Waals surface area contributed by atoms with Crippen LogP contribution in [0, 0.1) is 5.92 Å². The van der Waals surface area contributed by atoms with E-state index in [1.807, 2.05) is 12.1 Å². The van der Waals surface area contributed by atoms with Gasteiger partial charge < -0.3 is 16.0 Å². The Labute approximate surface area is 185 Å². The van der Waals surface area contributed by atoms with Crippen LogP contribution in [-0.2, 0) is 17.9 Å². The van der Waals surface area contributed by atoms with Crippen molar-refractivity contribution in [1.29, 1.82) is 0 Å². The predicted molar refractivity (Wildman–Crippen MR) is 126 cm³/mol. The molecule has 0 bridgehead atoms. The van der Waals surface area contributed by atoms with Crippen LogP contribution in [0.1, 0.15) is 50.7 Å². The lowest BCUT2D eigenvalue weighted by molar-refractivity contribution is -0.117. The van der Waals surface area contributed by atoms with E-state index in [4.69, 9.17) is 0 Å². The molecule has 0 unspecified atom stereocenters. The number of rotatable bonds is 11. The SMILES string of the molecule is CCCCN(CC)Cc1cccc(CNC(=O)Nc2ccc(NC(=O)C3CC3)cc2)c1. The number of nitrogens with one attached hydrogen (secondary N) is 3. The number of nitrogens with zero attached hydrogens (tertiary/aromatic N) is 1. The van der Waals surface area contributed by atoms with E-state index in [0.717, 1.165) is 43.7 Å². The molecule has 1 aliphatic rings. The van der Waals surface area contributed by atoms with Crippen molar-refractivity contribution in [3.63, 3.8) is 0 Å². The zero-order valence-electron chi connectivity index (χ0n) is 18.6. The number of carbonyl (C=O) groups excluding carboxylic acids is 2. The third-order valence-electron chi connectivity index (χ3n) is 5.48. The molecule has 3 N–H and O–H groups in total. The molecule has 1 saturated carbocycles. The highest BCUT2D eigenvalue weighted by molar-refractivity contribution is 5.94. The molecule has 0 atom stereocenters. The lowest BCUT2D eigenvalue weighted by Crippen LogP contribution is -2.28. The number of benzene rings is 2. The van der Waals surface area contributed by atoms with Gasteiger partial charge in [-0.2, -0.15) is 0 Å². The Morgan fingerprint density at radius 2 is 1.65 bits per heavy atom. The minimum absolute atomic E-state index is 0.0769. The largest absolute Gasteiger partial charge is 0.334 e. The standard InChI is InChI=1S/C25H34N4O2/c1-3-5-15-29(4-2)18-20-8-6-7-19(16-20)17-26-25(31)28-23-13-11-22(12-14-23)27-24(30)21-9-10-21/h6-8,11-14,16,21H,3-5,9-10,15,17-18H2,1-2H3,(H,27,30)(H2,26,28,31). The summed E-state index contributed by atoms with van der Waals surface area (Å²) in [5.41, 5.74) is 3.78. The topological polar surface area (TPSA) is 73.5 Å². The predicted octanol–water partition coefficient (Wildman–Crippen LogP) is 4.98. The number of unbranched alkanes of at least 4 members (excludes halogenated alkanes) is 1. The number of amides is 3. The summed E-state index contributed by atoms with van der Waals surface area (Å²) in [6.07, 6.45) is 4.37. The average Bonchev–Trinajstić information content (AvgIpc) is 3.62. The van der Waals surface area contributed by atoms with Gasteiger partial charge in [0.25, 0.3) is 0 Å². The first kappa shape index (κ1) is 22.8. The molecule has 6 nitrogen and oxygen atoms in total. The fraction of sp³-hybridized carbons (Fsp3) is 0.440. The summed E-state index contributed by atoms with van der Waals surface area (Å²) in [6.45, 7) is 7.96. The normalized spacial score (nSPS) is 13.1. The third-order valence-corrected chi connectivity index (χ3v) is 5.48. The Balaban J connectivity index is 1.45. The maximum Gasteiger partial charge on any atom is 0.319 e. The van der Waals surface area contributed by atoms with Crippen LogP contribution in [0.25, 0.3) is 0 Å². The summed E-state index contributed by atoms with van der Waals surface area (Å²) in [6, 6.07) is 15.3. The molecule has 0 aliphatic heterocycles. The fourth-order valence-electron chi connectivity index (χ4n) is 3.41. The Hall–Kier alpha value is -2.86. The quantitative estimate of drug-likeness (QED) is 0.478. The summed E-state index contributed by atoms with van der Waals surface area (Å²) in [4.78, 5) is 26.5. The van der Waals surface area contributed by atoms with Gasteiger partial charge in [0, 0.05) is 30.4 Å². The van der Waals surface area contributed by atoms with Crippen LogP contribution < -0.4 is 16.0 Å². The van der Waals surface area contributed by atoms with Crippen LogP contribution in [-0.4, -0.2) is 29.9 Å². The molecule has 1 aliphatic carbocycles. The van der Waals surface area contributed by atoms with E-state index in [9.17, 15) is 9.59 Å². The number of hydrogen-bond donors (Lipinski definition) is 3. The number of hydrogen-bond acceptors (Lipinski definition) is 3. The van der Waals surface area contributed by atoms with Crippen molar-refractivity contribution in [3.05, 3.63) is 59.7 Å². The van der Waals surface area contributed by atoms with Gasteiger partial charge in [0.15, 0.2) is 0 Å². The number of carbonyl (C=O) groups is 2. The van der Waals surface area contributed by atoms with Gasteiger partial charge in [-0.15, -0.1) is 0 Å². The second-order valence-corrected chi connectivity index (χ2v) is 8.19. The highest BCUT2D eigenvalue weighted by Crippen LogP contribution is 2.30. The molecule has 31 heavy (non-hydrogen) atoms. The smallest absolute Gasteiger partial charge is 0.319 e. The molecule has 166 valence electrons. The Kier molecular flexibility index (Phi) is 8.47. The van der Waals surface area contributed by atoms with Gasteiger partial charge in [-0.05, 0) is 67.7 Å². The first-order valence-electron chi connectivity index (χ1n) is 11.3. The van der Waals surface area contributed by atoms with Gasteiger partial charge in [0.1, 0.15) is 0 Å². The summed E-state index contributed by atoms with van der Waals surface area (Å²) in [7, 11) is 0. The van der Waals surface area contributed by atoms with Crippen molar-refractivity contribution in [2.75, 3.05) is 23.7 Å². The molecule has 3 amide bonds. The highest BCUT2D eigenvalue weighted by Gasteiger charge is 2.29. The summed E-state index contributed by atoms with van der Waals surface area (Å²) >= 11 is 0. The third kappa shape index (κ3) is 7.72. The van der Waals surface area contributed by atoms with Crippen LogP contribution >= 0.6 is 0 Å². The first-order valence-corrected chi connectivity index (χ1v) is 11.3. The van der Waals surface area contributed by atoms with E-state index in [-0.39, 0.29) is 17.9 Å². The van der Waals surface area contributed by atoms with Crippen LogP contribution in [0.4, 0.5) is 16.2 Å². The molecule has 0 aromatic heterocycles. The first-order chi connectivity index (χ1) is 15.1. The van der Waals surface area contributed by atoms with Crippen LogP contribution in [0.15, 0.2) is 48.5 Å². The Morgan fingerprint density at radius 1 is 0.968 bits per heavy atom. The molecule has 0 saturated heterocycles. The number of urea groups is 1. The van der Waals surface area contributed by atoms with Crippen molar-refractivity contribution in [2.45, 2.75) is 52.6 Å². The zero-order chi connectivity index (χ0) is 22.1. The number of anilines is 2. The van der Waals surface area contributed by atoms with Crippen molar-refractivity contribution < 1.29 is 9.59 Å². The molecule has 6 heteroatoms. The fourth-order valence-corrected chi connectivity index (χ4v) is 3.41. The lowest BCUT2D eigenvalue weighted by atomic mass is 10.1. The van der Waals surface area contributed by atoms with Crippen molar-refractivity contribution >= 4 is 23.3 Å². The molecule has 0 heterocycles. The molecule has 0 spiro atoms. The molecule has 1 fully saturated rings. The van der Waals surface area contributed by atoms with Gasteiger partial charge in [0.2, 0.25) is 5.91 Å². The lowest BCUT2D eigenvalue weighted by Gasteiger charge is -2.20. The van der Waals surface area contributed by atoms with E-state index < -0.39 is 0 Å². The highest BCUT2D eigenvalue weighted by atomic mass is 16.2. The Bertz CT molecular complexity index is 862. The van der Waals surface area contributed by atoms with E-state index in [2.05, 4.69) is 46.8 Å². The minimum atomic E-state index is -0.252. The van der Waals surface area contributed by atoms with E-state index in [0.29, 0.717) is 12.2 Å². The Morgan fingerprint density at radius 3 is 2.29 bits per heavy atom. The van der Waals surface area contributed by atoms with Gasteiger partial charge in [-0.25, -0.2) is 4.79 Å². The zero-order valence-corrected chi connectivity index (χ0v) is 18.6. The van der Waals surface area contributed by atoms with Gasteiger partial charge in [-0.3, -0.25) is 9.69 Å². The van der Waals surface area contributed by atoms with Crippen LogP contribution in [0.5, 0.6) is 0 Å². The van der Waals surface area contributed by atoms with Crippen molar-refractivity contribution in [2.24, 2.45) is 5.92 Å². The van der Waals surface area contributed by atoms with Gasteiger partial charge in [0.05, 0.1) is 0 Å².